The van der Waals surface area contributed by atoms with E-state index in [4.69, 9.17) is 19.9 Å². The third-order valence-electron chi connectivity index (χ3n) is 4.81. The maximum atomic E-state index is 14.8. The van der Waals surface area contributed by atoms with E-state index in [0.717, 1.165) is 11.3 Å². The first-order chi connectivity index (χ1) is 14.5. The van der Waals surface area contributed by atoms with E-state index in [1.54, 1.807) is 30.3 Å². The number of hydrogen-bond acceptors (Lipinski definition) is 7. The zero-order valence-corrected chi connectivity index (χ0v) is 16.8. The number of rotatable bonds is 5. The van der Waals surface area contributed by atoms with Crippen molar-refractivity contribution in [2.45, 2.75) is 5.92 Å². The van der Waals surface area contributed by atoms with Gasteiger partial charge in [-0.1, -0.05) is 41.7 Å². The van der Waals surface area contributed by atoms with Crippen molar-refractivity contribution in [3.63, 3.8) is 0 Å². The molecule has 1 unspecified atom stereocenters. The monoisotopic (exact) mass is 427 g/mol. The molecule has 0 saturated heterocycles. The van der Waals surface area contributed by atoms with E-state index in [1.807, 2.05) is 0 Å². The number of esters is 1. The molecular formula is C22H18FNO5S. The first-order valence-electron chi connectivity index (χ1n) is 9.16. The smallest absolute Gasteiger partial charge is 0.340 e. The van der Waals surface area contributed by atoms with Crippen LogP contribution in [0.25, 0.3) is 10.1 Å². The third kappa shape index (κ3) is 3.44. The lowest BCUT2D eigenvalue weighted by Crippen LogP contribution is -2.31. The van der Waals surface area contributed by atoms with E-state index in [9.17, 15) is 14.0 Å². The third-order valence-corrected chi connectivity index (χ3v) is 5.79. The number of hydrogen-bond donors (Lipinski definition) is 1. The second kappa shape index (κ2) is 8.25. The van der Waals surface area contributed by atoms with Crippen molar-refractivity contribution in [2.75, 3.05) is 20.3 Å². The quantitative estimate of drug-likeness (QED) is 0.497. The molecule has 0 amide bonds. The predicted molar refractivity (Wildman–Crippen MR) is 111 cm³/mol. The molecule has 0 fully saturated rings. The number of fused-ring (bicyclic) bond motifs is 3. The van der Waals surface area contributed by atoms with Gasteiger partial charge in [-0.15, -0.1) is 0 Å². The Morgan fingerprint density at radius 1 is 1.17 bits per heavy atom. The summed E-state index contributed by atoms with van der Waals surface area (Å²) in [5.74, 6) is -2.41. The Kier molecular flexibility index (Phi) is 5.52. The molecule has 0 bridgehead atoms. The van der Waals surface area contributed by atoms with Gasteiger partial charge in [-0.2, -0.15) is 0 Å². The van der Waals surface area contributed by atoms with Gasteiger partial charge in [0.1, 0.15) is 23.7 Å². The lowest BCUT2D eigenvalue weighted by molar-refractivity contribution is -0.140. The fourth-order valence-electron chi connectivity index (χ4n) is 3.48. The summed E-state index contributed by atoms with van der Waals surface area (Å²) in [6, 6.07) is 13.1. The molecule has 1 aromatic heterocycles. The molecule has 154 valence electrons. The van der Waals surface area contributed by atoms with Crippen LogP contribution in [0.4, 0.5) is 4.39 Å². The zero-order valence-electron chi connectivity index (χ0n) is 16.0. The molecule has 1 aliphatic rings. The average Bonchev–Trinajstić information content (AvgIpc) is 2.73. The molecule has 4 rings (SSSR count). The Labute approximate surface area is 175 Å². The number of nitrogens with two attached hydrogens (primary N) is 1. The summed E-state index contributed by atoms with van der Waals surface area (Å²) in [7, 11) is 1.47. The molecule has 8 heteroatoms. The summed E-state index contributed by atoms with van der Waals surface area (Å²) < 4.78 is 31.1. The number of carbonyl (C=O) groups is 1. The molecule has 0 radical (unpaired) electrons. The van der Waals surface area contributed by atoms with Crippen LogP contribution in [0, 0.1) is 5.82 Å². The summed E-state index contributed by atoms with van der Waals surface area (Å²) in [4.78, 5) is 25.9. The summed E-state index contributed by atoms with van der Waals surface area (Å²) in [6.45, 7) is 0.161. The second-order valence-corrected chi connectivity index (χ2v) is 7.61. The van der Waals surface area contributed by atoms with Gasteiger partial charge in [-0.05, 0) is 18.2 Å². The lowest BCUT2D eigenvalue weighted by atomic mass is 9.83. The molecule has 2 N–H and O–H groups in total. The van der Waals surface area contributed by atoms with Crippen LogP contribution >= 0.6 is 11.3 Å². The van der Waals surface area contributed by atoms with Crippen LogP contribution in [-0.4, -0.2) is 26.3 Å². The zero-order chi connectivity index (χ0) is 21.3. The Morgan fingerprint density at radius 2 is 1.90 bits per heavy atom. The molecule has 0 aliphatic carbocycles. The normalized spacial score (nSPS) is 15.6. The molecule has 30 heavy (non-hydrogen) atoms. The fourth-order valence-corrected chi connectivity index (χ4v) is 4.42. The van der Waals surface area contributed by atoms with Gasteiger partial charge >= 0.3 is 5.97 Å². The van der Waals surface area contributed by atoms with Gasteiger partial charge < -0.3 is 19.9 Å². The topological polar surface area (TPSA) is 87.8 Å². The maximum absolute atomic E-state index is 14.8. The second-order valence-electron chi connectivity index (χ2n) is 6.59. The van der Waals surface area contributed by atoms with Crippen LogP contribution in [-0.2, 0) is 14.3 Å². The van der Waals surface area contributed by atoms with E-state index in [-0.39, 0.29) is 46.3 Å². The van der Waals surface area contributed by atoms with Gasteiger partial charge in [-0.25, -0.2) is 9.18 Å². The standard InChI is InChI=1S/C22H18FNO5S/c1-27-10-11-28-21(25)18-16(12-6-2-4-8-14(12)23)17-19(29-20(18)24)13-7-3-5-9-15(13)30-22(17)26/h2-9,16H,10-11,24H2,1H3. The first kappa shape index (κ1) is 20.1. The van der Waals surface area contributed by atoms with Gasteiger partial charge in [0.05, 0.1) is 18.1 Å². The van der Waals surface area contributed by atoms with Gasteiger partial charge in [0.2, 0.25) is 10.6 Å². The Bertz CT molecular complexity index is 1220. The van der Waals surface area contributed by atoms with Crippen molar-refractivity contribution in [3.8, 4) is 5.75 Å². The number of benzene rings is 2. The van der Waals surface area contributed by atoms with Crippen molar-refractivity contribution < 1.29 is 23.4 Å². The summed E-state index contributed by atoms with van der Waals surface area (Å²) in [5.41, 5.74) is 6.32. The number of halogens is 1. The Hall–Kier alpha value is -3.23. The minimum atomic E-state index is -1.06. The minimum absolute atomic E-state index is 0.0203. The Morgan fingerprint density at radius 3 is 2.67 bits per heavy atom. The summed E-state index contributed by atoms with van der Waals surface area (Å²) in [5, 5.41) is 0.660. The molecule has 2 heterocycles. The molecular weight excluding hydrogens is 409 g/mol. The maximum Gasteiger partial charge on any atom is 0.340 e. The summed E-state index contributed by atoms with van der Waals surface area (Å²) >= 11 is 1.00. The number of ether oxygens (including phenoxy) is 3. The van der Waals surface area contributed by atoms with Crippen LogP contribution < -0.4 is 15.2 Å². The van der Waals surface area contributed by atoms with E-state index >= 15 is 0 Å². The fraction of sp³-hybridized carbons (Fsp3) is 0.182. The molecule has 1 atom stereocenters. The van der Waals surface area contributed by atoms with Gasteiger partial charge in [-0.3, -0.25) is 4.79 Å². The van der Waals surface area contributed by atoms with Gasteiger partial charge in [0.15, 0.2) is 0 Å². The first-order valence-corrected chi connectivity index (χ1v) is 9.98. The van der Waals surface area contributed by atoms with Crippen LogP contribution in [0.3, 0.4) is 0 Å². The molecule has 0 saturated carbocycles. The number of carbonyl (C=O) groups excluding carboxylic acids is 1. The minimum Gasteiger partial charge on any atom is -0.460 e. The van der Waals surface area contributed by atoms with E-state index in [2.05, 4.69) is 0 Å². The molecule has 0 spiro atoms. The van der Waals surface area contributed by atoms with Crippen molar-refractivity contribution in [1.29, 1.82) is 0 Å². The van der Waals surface area contributed by atoms with Gasteiger partial charge in [0.25, 0.3) is 0 Å². The molecule has 3 aromatic rings. The van der Waals surface area contributed by atoms with Gasteiger partial charge in [0, 0.05) is 22.8 Å². The Balaban J connectivity index is 1.96. The van der Waals surface area contributed by atoms with E-state index < -0.39 is 17.7 Å². The van der Waals surface area contributed by atoms with Crippen LogP contribution in [0.5, 0.6) is 5.75 Å². The highest BCUT2D eigenvalue weighted by molar-refractivity contribution is 7.16. The van der Waals surface area contributed by atoms with Crippen molar-refractivity contribution >= 4 is 27.4 Å². The number of methoxy groups -OCH3 is 1. The SMILES string of the molecule is COCCOC(=O)C1=C(N)Oc2c(c(=O)sc3ccccc23)C1c1ccccc1F. The molecule has 1 aliphatic heterocycles. The highest BCUT2D eigenvalue weighted by Crippen LogP contribution is 2.45. The van der Waals surface area contributed by atoms with Crippen molar-refractivity contribution in [1.82, 2.24) is 0 Å². The average molecular weight is 427 g/mol. The highest BCUT2D eigenvalue weighted by Gasteiger charge is 2.39. The van der Waals surface area contributed by atoms with Crippen molar-refractivity contribution in [2.24, 2.45) is 5.73 Å². The van der Waals surface area contributed by atoms with E-state index in [1.165, 1.54) is 25.3 Å². The van der Waals surface area contributed by atoms with Crippen molar-refractivity contribution in [3.05, 3.63) is 86.5 Å². The molecule has 6 nitrogen and oxygen atoms in total. The molecule has 2 aromatic carbocycles. The van der Waals surface area contributed by atoms with E-state index in [0.29, 0.717) is 10.1 Å². The van der Waals surface area contributed by atoms with Crippen LogP contribution in [0.15, 0.2) is 64.8 Å². The lowest BCUT2D eigenvalue weighted by Gasteiger charge is -2.28. The van der Waals surface area contributed by atoms with Crippen LogP contribution in [0.1, 0.15) is 17.0 Å². The summed E-state index contributed by atoms with van der Waals surface area (Å²) in [6.07, 6.45) is 0. The largest absolute Gasteiger partial charge is 0.460 e. The van der Waals surface area contributed by atoms with Crippen LogP contribution in [0.2, 0.25) is 0 Å². The highest BCUT2D eigenvalue weighted by atomic mass is 32.1. The predicted octanol–water partition coefficient (Wildman–Crippen LogP) is 3.28.